The molecule has 1 aromatic rings. The largest absolute Gasteiger partial charge is 0.484 e. The van der Waals surface area contributed by atoms with Crippen LogP contribution in [0.2, 0.25) is 0 Å². The summed E-state index contributed by atoms with van der Waals surface area (Å²) in [5.41, 5.74) is 0.635. The summed E-state index contributed by atoms with van der Waals surface area (Å²) in [6.07, 6.45) is -3.47. The molecule has 1 fully saturated rings. The highest BCUT2D eigenvalue weighted by molar-refractivity contribution is 5.74. The van der Waals surface area contributed by atoms with Crippen LogP contribution >= 0.6 is 0 Å². The summed E-state index contributed by atoms with van der Waals surface area (Å²) >= 11 is 0. The third-order valence-corrected chi connectivity index (χ3v) is 3.43. The van der Waals surface area contributed by atoms with Crippen LogP contribution in [0.5, 0.6) is 5.75 Å². The number of alkyl halides is 3. The van der Waals surface area contributed by atoms with E-state index >= 15 is 0 Å². The van der Waals surface area contributed by atoms with E-state index in [1.807, 2.05) is 0 Å². The second kappa shape index (κ2) is 7.54. The number of nitrogens with one attached hydrogen (secondary N) is 1. The third kappa shape index (κ3) is 5.97. The van der Waals surface area contributed by atoms with Gasteiger partial charge in [-0.25, -0.2) is 4.79 Å². The lowest BCUT2D eigenvalue weighted by molar-refractivity contribution is -0.153. The Morgan fingerprint density at radius 1 is 1.43 bits per heavy atom. The van der Waals surface area contributed by atoms with Crippen molar-refractivity contribution in [3.05, 3.63) is 29.8 Å². The topological polar surface area (TPSA) is 61.8 Å². The minimum absolute atomic E-state index is 0.0995. The van der Waals surface area contributed by atoms with E-state index in [0.29, 0.717) is 25.1 Å². The van der Waals surface area contributed by atoms with Crippen LogP contribution in [0.1, 0.15) is 18.4 Å². The number of amides is 2. The van der Waals surface area contributed by atoms with Gasteiger partial charge in [0.25, 0.3) is 0 Å². The molecule has 8 heteroatoms. The lowest BCUT2D eigenvalue weighted by atomic mass is 10.1. The fourth-order valence-corrected chi connectivity index (χ4v) is 2.34. The van der Waals surface area contributed by atoms with E-state index in [4.69, 9.17) is 0 Å². The van der Waals surface area contributed by atoms with Crippen molar-refractivity contribution < 1.29 is 27.8 Å². The van der Waals surface area contributed by atoms with Crippen LogP contribution in [-0.4, -0.2) is 48.0 Å². The highest BCUT2D eigenvalue weighted by Crippen LogP contribution is 2.19. The van der Waals surface area contributed by atoms with Gasteiger partial charge >= 0.3 is 12.2 Å². The number of benzene rings is 1. The molecule has 1 saturated heterocycles. The van der Waals surface area contributed by atoms with Gasteiger partial charge in [0, 0.05) is 19.6 Å². The highest BCUT2D eigenvalue weighted by atomic mass is 19.4. The molecule has 128 valence electrons. The number of piperidine rings is 1. The molecule has 2 rings (SSSR count). The van der Waals surface area contributed by atoms with Crippen molar-refractivity contribution >= 4 is 6.03 Å². The molecule has 1 aromatic carbocycles. The number of hydrogen-bond acceptors (Lipinski definition) is 3. The number of likely N-dealkylation sites (tertiary alicyclic amines) is 1. The second-order valence-corrected chi connectivity index (χ2v) is 5.45. The average Bonchev–Trinajstić information content (AvgIpc) is 2.50. The number of ether oxygens (including phenoxy) is 1. The summed E-state index contributed by atoms with van der Waals surface area (Å²) < 4.78 is 41.0. The Kier molecular flexibility index (Phi) is 5.70. The van der Waals surface area contributed by atoms with Gasteiger partial charge in [-0.05, 0) is 30.5 Å². The maximum Gasteiger partial charge on any atom is 0.422 e. The standard InChI is InChI=1S/C15H19F3N2O3/c16-15(17,18)10-23-13-5-1-3-11(7-13)8-19-14(22)20-6-2-4-12(21)9-20/h1,3,5,7,12,21H,2,4,6,8-10H2,(H,19,22). The van der Waals surface area contributed by atoms with Gasteiger partial charge in [-0.3, -0.25) is 0 Å². The molecular formula is C15H19F3N2O3. The van der Waals surface area contributed by atoms with Crippen LogP contribution in [0.3, 0.4) is 0 Å². The summed E-state index contributed by atoms with van der Waals surface area (Å²) in [7, 11) is 0. The number of nitrogens with zero attached hydrogens (tertiary/aromatic N) is 1. The summed E-state index contributed by atoms with van der Waals surface area (Å²) in [4.78, 5) is 13.5. The Balaban J connectivity index is 1.84. The molecule has 1 atom stereocenters. The maximum atomic E-state index is 12.1. The molecule has 5 nitrogen and oxygen atoms in total. The number of β-amino-alcohol motifs (C(OH)–C–C–N with tert-alkyl or cyclic N) is 1. The smallest absolute Gasteiger partial charge is 0.422 e. The summed E-state index contributed by atoms with van der Waals surface area (Å²) in [5.74, 6) is 0.0995. The van der Waals surface area contributed by atoms with Crippen molar-refractivity contribution in [2.45, 2.75) is 31.7 Å². The average molecular weight is 332 g/mol. The molecule has 1 aliphatic heterocycles. The molecule has 0 aliphatic carbocycles. The zero-order chi connectivity index (χ0) is 16.9. The van der Waals surface area contributed by atoms with Crippen molar-refractivity contribution in [2.75, 3.05) is 19.7 Å². The molecule has 0 aromatic heterocycles. The highest BCUT2D eigenvalue weighted by Gasteiger charge is 2.28. The zero-order valence-corrected chi connectivity index (χ0v) is 12.5. The van der Waals surface area contributed by atoms with Crippen LogP contribution < -0.4 is 10.1 Å². The Bertz CT molecular complexity index is 537. The number of carbonyl (C=O) groups is 1. The quantitative estimate of drug-likeness (QED) is 0.889. The van der Waals surface area contributed by atoms with Crippen molar-refractivity contribution in [1.29, 1.82) is 0 Å². The molecule has 0 saturated carbocycles. The molecule has 23 heavy (non-hydrogen) atoms. The van der Waals surface area contributed by atoms with E-state index in [-0.39, 0.29) is 18.3 Å². The number of aliphatic hydroxyl groups excluding tert-OH is 1. The Labute approximate surface area is 132 Å². The maximum absolute atomic E-state index is 12.1. The van der Waals surface area contributed by atoms with Crippen LogP contribution in [0, 0.1) is 0 Å². The predicted molar refractivity (Wildman–Crippen MR) is 77.0 cm³/mol. The first-order chi connectivity index (χ1) is 10.8. The Morgan fingerprint density at radius 3 is 2.91 bits per heavy atom. The van der Waals surface area contributed by atoms with Crippen molar-refractivity contribution in [3.8, 4) is 5.75 Å². The van der Waals surface area contributed by atoms with Gasteiger partial charge < -0.3 is 20.1 Å². The Morgan fingerprint density at radius 2 is 2.22 bits per heavy atom. The SMILES string of the molecule is O=C(NCc1cccc(OCC(F)(F)F)c1)N1CCCC(O)C1. The molecular weight excluding hydrogens is 313 g/mol. The molecule has 1 heterocycles. The molecule has 0 radical (unpaired) electrons. The minimum atomic E-state index is -4.39. The first-order valence-electron chi connectivity index (χ1n) is 7.33. The van der Waals surface area contributed by atoms with Crippen LogP contribution in [0.25, 0.3) is 0 Å². The summed E-state index contributed by atoms with van der Waals surface area (Å²) in [6.45, 7) is -0.304. The second-order valence-electron chi connectivity index (χ2n) is 5.45. The number of hydrogen-bond donors (Lipinski definition) is 2. The van der Waals surface area contributed by atoms with Crippen LogP contribution in [0.4, 0.5) is 18.0 Å². The van der Waals surface area contributed by atoms with E-state index in [1.165, 1.54) is 17.0 Å². The van der Waals surface area contributed by atoms with Gasteiger partial charge in [-0.15, -0.1) is 0 Å². The van der Waals surface area contributed by atoms with Gasteiger partial charge in [-0.1, -0.05) is 12.1 Å². The molecule has 0 bridgehead atoms. The fourth-order valence-electron chi connectivity index (χ4n) is 2.34. The number of urea groups is 1. The van der Waals surface area contributed by atoms with E-state index in [2.05, 4.69) is 10.1 Å². The van der Waals surface area contributed by atoms with Gasteiger partial charge in [0.1, 0.15) is 5.75 Å². The van der Waals surface area contributed by atoms with Gasteiger partial charge in [0.05, 0.1) is 6.10 Å². The first-order valence-corrected chi connectivity index (χ1v) is 7.33. The van der Waals surface area contributed by atoms with Crippen LogP contribution in [0.15, 0.2) is 24.3 Å². The number of carbonyl (C=O) groups excluding carboxylic acids is 1. The fraction of sp³-hybridized carbons (Fsp3) is 0.533. The molecule has 0 spiro atoms. The van der Waals surface area contributed by atoms with Gasteiger partial charge in [-0.2, -0.15) is 13.2 Å². The lowest BCUT2D eigenvalue weighted by Gasteiger charge is -2.30. The summed E-state index contributed by atoms with van der Waals surface area (Å²) in [5, 5.41) is 12.2. The zero-order valence-electron chi connectivity index (χ0n) is 12.5. The molecule has 2 amide bonds. The third-order valence-electron chi connectivity index (χ3n) is 3.43. The van der Waals surface area contributed by atoms with Gasteiger partial charge in [0.15, 0.2) is 6.61 Å². The number of halogens is 3. The molecule has 2 N–H and O–H groups in total. The lowest BCUT2D eigenvalue weighted by Crippen LogP contribution is -2.46. The predicted octanol–water partition coefficient (Wildman–Crippen LogP) is 2.29. The van der Waals surface area contributed by atoms with Crippen molar-refractivity contribution in [1.82, 2.24) is 10.2 Å². The number of aliphatic hydroxyl groups is 1. The minimum Gasteiger partial charge on any atom is -0.484 e. The molecule has 1 aliphatic rings. The first kappa shape index (κ1) is 17.4. The van der Waals surface area contributed by atoms with E-state index in [9.17, 15) is 23.1 Å². The van der Waals surface area contributed by atoms with Crippen molar-refractivity contribution in [3.63, 3.8) is 0 Å². The van der Waals surface area contributed by atoms with E-state index in [1.54, 1.807) is 12.1 Å². The van der Waals surface area contributed by atoms with E-state index in [0.717, 1.165) is 6.42 Å². The van der Waals surface area contributed by atoms with E-state index < -0.39 is 18.9 Å². The van der Waals surface area contributed by atoms with Crippen LogP contribution in [-0.2, 0) is 6.54 Å². The monoisotopic (exact) mass is 332 g/mol. The normalized spacial score (nSPS) is 18.6. The van der Waals surface area contributed by atoms with Gasteiger partial charge in [0.2, 0.25) is 0 Å². The number of rotatable bonds is 4. The summed E-state index contributed by atoms with van der Waals surface area (Å²) in [6, 6.07) is 5.84. The molecule has 1 unspecified atom stereocenters. The Hall–Kier alpha value is -1.96. The van der Waals surface area contributed by atoms with Crippen molar-refractivity contribution in [2.24, 2.45) is 0 Å².